The Labute approximate surface area is 161 Å². The third kappa shape index (κ3) is 4.91. The first kappa shape index (κ1) is 20.6. The standard InChI is InChI=1S/C19H20N2O7/c1-26-16-10-18(28-3)17(27-2)9-12(16)4-7-19(23)20-11-13-8-14(21(24)25)5-6-15(13)22/h4-10,22H,11H2,1-3H3,(H,20,23)/b7-4+. The second-order valence-electron chi connectivity index (χ2n) is 5.57. The predicted molar refractivity (Wildman–Crippen MR) is 102 cm³/mol. The number of aromatic hydroxyl groups is 1. The molecule has 0 aliphatic carbocycles. The summed E-state index contributed by atoms with van der Waals surface area (Å²) in [6.45, 7) is -0.0697. The van der Waals surface area contributed by atoms with Crippen LogP contribution in [0.25, 0.3) is 6.08 Å². The summed E-state index contributed by atoms with van der Waals surface area (Å²) in [6, 6.07) is 6.90. The molecule has 2 aromatic carbocycles. The molecule has 9 nitrogen and oxygen atoms in total. The van der Waals surface area contributed by atoms with E-state index >= 15 is 0 Å². The van der Waals surface area contributed by atoms with Crippen molar-refractivity contribution in [3.63, 3.8) is 0 Å². The number of hydrogen-bond donors (Lipinski definition) is 2. The molecule has 2 rings (SSSR count). The first-order valence-corrected chi connectivity index (χ1v) is 8.11. The summed E-state index contributed by atoms with van der Waals surface area (Å²) >= 11 is 0. The van der Waals surface area contributed by atoms with Gasteiger partial charge in [0.2, 0.25) is 5.91 Å². The van der Waals surface area contributed by atoms with E-state index in [2.05, 4.69) is 5.32 Å². The smallest absolute Gasteiger partial charge is 0.270 e. The second-order valence-corrected chi connectivity index (χ2v) is 5.57. The summed E-state index contributed by atoms with van der Waals surface area (Å²) in [7, 11) is 4.49. The first-order chi connectivity index (χ1) is 13.4. The monoisotopic (exact) mass is 388 g/mol. The van der Waals surface area contributed by atoms with Crippen LogP contribution in [0.2, 0.25) is 0 Å². The molecule has 148 valence electrons. The first-order valence-electron chi connectivity index (χ1n) is 8.11. The molecule has 0 aliphatic rings. The number of nitrogens with one attached hydrogen (secondary N) is 1. The zero-order valence-corrected chi connectivity index (χ0v) is 15.6. The number of methoxy groups -OCH3 is 3. The van der Waals surface area contributed by atoms with Crippen molar-refractivity contribution in [2.75, 3.05) is 21.3 Å². The number of non-ortho nitro benzene ring substituents is 1. The van der Waals surface area contributed by atoms with E-state index in [1.54, 1.807) is 12.1 Å². The van der Waals surface area contributed by atoms with Crippen molar-refractivity contribution in [1.82, 2.24) is 5.32 Å². The molecule has 0 aromatic heterocycles. The number of phenolic OH excluding ortho intramolecular Hbond substituents is 1. The van der Waals surface area contributed by atoms with Crippen LogP contribution in [0.1, 0.15) is 11.1 Å². The van der Waals surface area contributed by atoms with Gasteiger partial charge in [0, 0.05) is 41.9 Å². The van der Waals surface area contributed by atoms with Crippen molar-refractivity contribution in [3.05, 3.63) is 57.6 Å². The Bertz CT molecular complexity index is 909. The highest BCUT2D eigenvalue weighted by Crippen LogP contribution is 2.35. The molecule has 9 heteroatoms. The van der Waals surface area contributed by atoms with Gasteiger partial charge in [-0.25, -0.2) is 0 Å². The average molecular weight is 388 g/mol. The number of rotatable bonds is 8. The molecule has 0 atom stereocenters. The summed E-state index contributed by atoms with van der Waals surface area (Å²) < 4.78 is 15.7. The maximum Gasteiger partial charge on any atom is 0.270 e. The van der Waals surface area contributed by atoms with Gasteiger partial charge in [-0.3, -0.25) is 14.9 Å². The zero-order valence-electron chi connectivity index (χ0n) is 15.6. The van der Waals surface area contributed by atoms with E-state index < -0.39 is 10.8 Å². The van der Waals surface area contributed by atoms with E-state index in [0.717, 1.165) is 0 Å². The lowest BCUT2D eigenvalue weighted by atomic mass is 10.1. The zero-order chi connectivity index (χ0) is 20.7. The highest BCUT2D eigenvalue weighted by molar-refractivity contribution is 5.92. The van der Waals surface area contributed by atoms with Gasteiger partial charge in [0.15, 0.2) is 11.5 Å². The molecule has 2 aromatic rings. The van der Waals surface area contributed by atoms with E-state index in [1.165, 1.54) is 51.7 Å². The third-order valence-electron chi connectivity index (χ3n) is 3.88. The molecule has 0 saturated heterocycles. The molecule has 28 heavy (non-hydrogen) atoms. The van der Waals surface area contributed by atoms with Crippen molar-refractivity contribution in [3.8, 4) is 23.0 Å². The fourth-order valence-electron chi connectivity index (χ4n) is 2.42. The van der Waals surface area contributed by atoms with Gasteiger partial charge in [0.1, 0.15) is 11.5 Å². The lowest BCUT2D eigenvalue weighted by Gasteiger charge is -2.12. The Hall–Kier alpha value is -3.75. The molecular weight excluding hydrogens is 368 g/mol. The molecule has 2 N–H and O–H groups in total. The second kappa shape index (κ2) is 9.26. The molecule has 0 unspecified atom stereocenters. The Morgan fingerprint density at radius 3 is 2.36 bits per heavy atom. The van der Waals surface area contributed by atoms with E-state index in [1.807, 2.05) is 0 Å². The molecule has 0 saturated carbocycles. The summed E-state index contributed by atoms with van der Waals surface area (Å²) in [5.41, 5.74) is 0.654. The molecule has 0 heterocycles. The molecule has 1 amide bonds. The van der Waals surface area contributed by atoms with Crippen molar-refractivity contribution in [2.45, 2.75) is 6.54 Å². The number of carbonyl (C=O) groups excluding carboxylic acids is 1. The van der Waals surface area contributed by atoms with E-state index in [4.69, 9.17) is 14.2 Å². The quantitative estimate of drug-likeness (QED) is 0.405. The van der Waals surface area contributed by atoms with Crippen molar-refractivity contribution in [1.29, 1.82) is 0 Å². The van der Waals surface area contributed by atoms with Crippen molar-refractivity contribution < 1.29 is 29.0 Å². The maximum absolute atomic E-state index is 12.1. The molecule has 0 bridgehead atoms. The fourth-order valence-corrected chi connectivity index (χ4v) is 2.42. The Morgan fingerprint density at radius 1 is 1.11 bits per heavy atom. The normalized spacial score (nSPS) is 10.5. The Morgan fingerprint density at radius 2 is 1.75 bits per heavy atom. The lowest BCUT2D eigenvalue weighted by molar-refractivity contribution is -0.384. The van der Waals surface area contributed by atoms with Crippen LogP contribution in [0.15, 0.2) is 36.4 Å². The lowest BCUT2D eigenvalue weighted by Crippen LogP contribution is -2.20. The van der Waals surface area contributed by atoms with Gasteiger partial charge in [-0.1, -0.05) is 0 Å². The highest BCUT2D eigenvalue weighted by atomic mass is 16.6. The van der Waals surface area contributed by atoms with Crippen LogP contribution in [0, 0.1) is 10.1 Å². The average Bonchev–Trinajstić information content (AvgIpc) is 2.70. The van der Waals surface area contributed by atoms with Crippen LogP contribution >= 0.6 is 0 Å². The van der Waals surface area contributed by atoms with Gasteiger partial charge in [0.25, 0.3) is 5.69 Å². The van der Waals surface area contributed by atoms with E-state index in [0.29, 0.717) is 22.8 Å². The molecule has 0 aliphatic heterocycles. The van der Waals surface area contributed by atoms with Gasteiger partial charge in [-0.2, -0.15) is 0 Å². The molecule has 0 radical (unpaired) electrons. The summed E-state index contributed by atoms with van der Waals surface area (Å²) in [5.74, 6) is 0.851. The third-order valence-corrected chi connectivity index (χ3v) is 3.88. The topological polar surface area (TPSA) is 120 Å². The SMILES string of the molecule is COc1cc(OC)c(OC)cc1/C=C/C(=O)NCc1cc([N+](=O)[O-])ccc1O. The van der Waals surface area contributed by atoms with E-state index in [9.17, 15) is 20.0 Å². The van der Waals surface area contributed by atoms with Gasteiger partial charge in [-0.05, 0) is 18.2 Å². The predicted octanol–water partition coefficient (Wildman–Crippen LogP) is 2.66. The number of benzene rings is 2. The van der Waals surface area contributed by atoms with Crippen LogP contribution in [-0.4, -0.2) is 37.3 Å². The minimum atomic E-state index is -0.575. The van der Waals surface area contributed by atoms with Gasteiger partial charge < -0.3 is 24.6 Å². The number of carbonyl (C=O) groups is 1. The highest BCUT2D eigenvalue weighted by Gasteiger charge is 2.12. The van der Waals surface area contributed by atoms with Crippen LogP contribution in [0.5, 0.6) is 23.0 Å². The van der Waals surface area contributed by atoms with Crippen LogP contribution < -0.4 is 19.5 Å². The Balaban J connectivity index is 2.12. The summed E-state index contributed by atoms with van der Waals surface area (Å²) in [5, 5.41) is 23.2. The van der Waals surface area contributed by atoms with Crippen molar-refractivity contribution in [2.24, 2.45) is 0 Å². The van der Waals surface area contributed by atoms with Gasteiger partial charge in [0.05, 0.1) is 26.3 Å². The number of hydrogen-bond acceptors (Lipinski definition) is 7. The number of ether oxygens (including phenoxy) is 3. The summed E-state index contributed by atoms with van der Waals surface area (Å²) in [4.78, 5) is 22.3. The van der Waals surface area contributed by atoms with Crippen LogP contribution in [0.4, 0.5) is 5.69 Å². The number of nitrogens with zero attached hydrogens (tertiary/aromatic N) is 1. The number of nitro groups is 1. The largest absolute Gasteiger partial charge is 0.508 e. The maximum atomic E-state index is 12.1. The molecule has 0 spiro atoms. The molecule has 0 fully saturated rings. The van der Waals surface area contributed by atoms with Crippen molar-refractivity contribution >= 4 is 17.7 Å². The number of amides is 1. The van der Waals surface area contributed by atoms with E-state index in [-0.39, 0.29) is 23.5 Å². The minimum Gasteiger partial charge on any atom is -0.508 e. The Kier molecular flexibility index (Phi) is 6.80. The van der Waals surface area contributed by atoms with Crippen LogP contribution in [-0.2, 0) is 11.3 Å². The molecular formula is C19H20N2O7. The van der Waals surface area contributed by atoms with Crippen LogP contribution in [0.3, 0.4) is 0 Å². The number of nitro benzene ring substituents is 1. The fraction of sp³-hybridized carbons (Fsp3) is 0.211. The minimum absolute atomic E-state index is 0.0697. The summed E-state index contributed by atoms with van der Waals surface area (Å²) in [6.07, 6.45) is 2.81. The van der Waals surface area contributed by atoms with Gasteiger partial charge in [-0.15, -0.1) is 0 Å². The van der Waals surface area contributed by atoms with Gasteiger partial charge >= 0.3 is 0 Å². The number of phenols is 1.